The van der Waals surface area contributed by atoms with Crippen LogP contribution in [-0.2, 0) is 21.2 Å². The Hall–Kier alpha value is -3.37. The predicted octanol–water partition coefficient (Wildman–Crippen LogP) is 3.86. The van der Waals surface area contributed by atoms with E-state index >= 15 is 0 Å². The van der Waals surface area contributed by atoms with Gasteiger partial charge in [-0.1, -0.05) is 23.7 Å². The van der Waals surface area contributed by atoms with E-state index in [2.05, 4.69) is 5.32 Å². The first-order valence-electron chi connectivity index (χ1n) is 9.90. The molecular weight excluding hydrogens is 490 g/mol. The minimum absolute atomic E-state index is 0.0212. The topological polar surface area (TPSA) is 95.9 Å². The van der Waals surface area contributed by atoms with Gasteiger partial charge in [-0.25, -0.2) is 17.2 Å². The minimum atomic E-state index is -4.38. The van der Waals surface area contributed by atoms with Crippen molar-refractivity contribution in [2.24, 2.45) is 0 Å². The monoisotopic (exact) mass is 510 g/mol. The van der Waals surface area contributed by atoms with Crippen molar-refractivity contribution in [1.82, 2.24) is 5.32 Å². The molecule has 3 rings (SSSR count). The van der Waals surface area contributed by atoms with Crippen LogP contribution in [0.5, 0.6) is 11.5 Å². The molecule has 0 aliphatic rings. The molecule has 2 N–H and O–H groups in total. The number of halogens is 3. The number of ether oxygens (including phenoxy) is 1. The average molecular weight is 511 g/mol. The first-order chi connectivity index (χ1) is 16.1. The zero-order valence-electron chi connectivity index (χ0n) is 18.2. The number of sulfonamides is 1. The molecule has 7 nitrogen and oxygen atoms in total. The van der Waals surface area contributed by atoms with E-state index in [4.69, 9.17) is 16.3 Å². The number of likely N-dealkylation sites (N-methyl/N-ethyl adjacent to an activating group) is 1. The Labute approximate surface area is 200 Å². The van der Waals surface area contributed by atoms with Gasteiger partial charge in [-0.05, 0) is 47.5 Å². The summed E-state index contributed by atoms with van der Waals surface area (Å²) < 4.78 is 61.2. The standard InChI is InChI=1S/C23H21ClF2N2O5S/c1-27-22(30)13-28(34(31,32)17-7-9-20(29)21(12-17)33-2)19-8-6-16(24)11-15(19)10-14-4-3-5-18(25)23(14)26/h3-9,11-12,29H,10,13H2,1-2H3,(H,27,30). The van der Waals surface area contributed by atoms with Crippen LogP contribution in [0.4, 0.5) is 14.5 Å². The molecule has 0 heterocycles. The summed E-state index contributed by atoms with van der Waals surface area (Å²) >= 11 is 6.12. The molecule has 0 aliphatic carbocycles. The number of anilines is 1. The maximum atomic E-state index is 14.4. The van der Waals surface area contributed by atoms with Gasteiger partial charge < -0.3 is 15.2 Å². The highest BCUT2D eigenvalue weighted by atomic mass is 35.5. The Kier molecular flexibility index (Phi) is 7.63. The lowest BCUT2D eigenvalue weighted by Crippen LogP contribution is -2.40. The summed E-state index contributed by atoms with van der Waals surface area (Å²) in [6, 6.07) is 11.3. The smallest absolute Gasteiger partial charge is 0.264 e. The molecule has 0 radical (unpaired) electrons. The molecule has 0 saturated carbocycles. The van der Waals surface area contributed by atoms with Gasteiger partial charge in [-0.2, -0.15) is 0 Å². The summed E-state index contributed by atoms with van der Waals surface area (Å²) in [6.45, 7) is -0.609. The van der Waals surface area contributed by atoms with E-state index in [0.717, 1.165) is 28.6 Å². The summed E-state index contributed by atoms with van der Waals surface area (Å²) in [5.41, 5.74) is 0.269. The molecule has 0 atom stereocenters. The maximum absolute atomic E-state index is 14.4. The number of aromatic hydroxyl groups is 1. The molecule has 34 heavy (non-hydrogen) atoms. The second kappa shape index (κ2) is 10.3. The zero-order chi connectivity index (χ0) is 25.0. The van der Waals surface area contributed by atoms with Gasteiger partial charge in [0.1, 0.15) is 6.54 Å². The van der Waals surface area contributed by atoms with Gasteiger partial charge in [0.15, 0.2) is 23.1 Å². The van der Waals surface area contributed by atoms with Crippen molar-refractivity contribution in [1.29, 1.82) is 0 Å². The highest BCUT2D eigenvalue weighted by molar-refractivity contribution is 7.92. The van der Waals surface area contributed by atoms with Gasteiger partial charge in [0.05, 0.1) is 17.7 Å². The van der Waals surface area contributed by atoms with Crippen molar-refractivity contribution in [2.75, 3.05) is 25.0 Å². The van der Waals surface area contributed by atoms with E-state index in [9.17, 15) is 27.1 Å². The lowest BCUT2D eigenvalue weighted by atomic mass is 10.0. The van der Waals surface area contributed by atoms with Crippen LogP contribution in [0.2, 0.25) is 5.02 Å². The number of carbonyl (C=O) groups is 1. The summed E-state index contributed by atoms with van der Waals surface area (Å²) in [4.78, 5) is 12.0. The SMILES string of the molecule is CNC(=O)CN(c1ccc(Cl)cc1Cc1cccc(F)c1F)S(=O)(=O)c1ccc(O)c(OC)c1. The number of rotatable bonds is 8. The molecule has 0 saturated heterocycles. The maximum Gasteiger partial charge on any atom is 0.264 e. The Morgan fingerprint density at radius 1 is 1.12 bits per heavy atom. The minimum Gasteiger partial charge on any atom is -0.504 e. The number of hydrogen-bond donors (Lipinski definition) is 2. The van der Waals surface area contributed by atoms with E-state index in [0.29, 0.717) is 0 Å². The highest BCUT2D eigenvalue weighted by Crippen LogP contribution is 2.34. The lowest BCUT2D eigenvalue weighted by molar-refractivity contribution is -0.119. The fraction of sp³-hybridized carbons (Fsp3) is 0.174. The second-order valence-electron chi connectivity index (χ2n) is 7.18. The number of phenolic OH excluding ortho intramolecular Hbond substituents is 1. The largest absolute Gasteiger partial charge is 0.504 e. The van der Waals surface area contributed by atoms with E-state index in [1.807, 2.05) is 0 Å². The molecule has 3 aromatic carbocycles. The highest BCUT2D eigenvalue weighted by Gasteiger charge is 2.30. The lowest BCUT2D eigenvalue weighted by Gasteiger charge is -2.26. The Bertz CT molecular complexity index is 1330. The third kappa shape index (κ3) is 5.23. The Balaban J connectivity index is 2.18. The van der Waals surface area contributed by atoms with Crippen LogP contribution >= 0.6 is 11.6 Å². The Morgan fingerprint density at radius 3 is 2.53 bits per heavy atom. The van der Waals surface area contributed by atoms with E-state index in [1.54, 1.807) is 0 Å². The third-order valence-electron chi connectivity index (χ3n) is 5.03. The third-order valence-corrected chi connectivity index (χ3v) is 7.02. The van der Waals surface area contributed by atoms with Gasteiger partial charge in [-0.15, -0.1) is 0 Å². The van der Waals surface area contributed by atoms with Gasteiger partial charge in [-0.3, -0.25) is 9.10 Å². The predicted molar refractivity (Wildman–Crippen MR) is 124 cm³/mol. The Morgan fingerprint density at radius 2 is 1.85 bits per heavy atom. The fourth-order valence-electron chi connectivity index (χ4n) is 3.28. The summed E-state index contributed by atoms with van der Waals surface area (Å²) in [6.07, 6.45) is -0.196. The van der Waals surface area contributed by atoms with Crippen molar-refractivity contribution >= 4 is 33.2 Å². The molecule has 0 aliphatic heterocycles. The van der Waals surface area contributed by atoms with Gasteiger partial charge >= 0.3 is 0 Å². The first-order valence-corrected chi connectivity index (χ1v) is 11.7. The molecule has 0 spiro atoms. The quantitative estimate of drug-likeness (QED) is 0.480. The van der Waals surface area contributed by atoms with Crippen molar-refractivity contribution in [3.05, 3.63) is 82.4 Å². The van der Waals surface area contributed by atoms with Crippen LogP contribution in [0.25, 0.3) is 0 Å². The van der Waals surface area contributed by atoms with E-state index in [-0.39, 0.29) is 44.7 Å². The number of hydrogen-bond acceptors (Lipinski definition) is 5. The van der Waals surface area contributed by atoms with Crippen molar-refractivity contribution in [3.63, 3.8) is 0 Å². The van der Waals surface area contributed by atoms with Crippen LogP contribution in [0.1, 0.15) is 11.1 Å². The number of amides is 1. The summed E-state index contributed by atoms with van der Waals surface area (Å²) in [5, 5.41) is 12.5. The van der Waals surface area contributed by atoms with Gasteiger partial charge in [0.25, 0.3) is 10.0 Å². The molecule has 3 aromatic rings. The molecule has 0 fully saturated rings. The van der Waals surface area contributed by atoms with Crippen LogP contribution in [-0.4, -0.2) is 40.1 Å². The molecular formula is C23H21ClF2N2O5S. The molecule has 180 valence electrons. The van der Waals surface area contributed by atoms with Crippen molar-refractivity contribution < 1.29 is 31.8 Å². The zero-order valence-corrected chi connectivity index (χ0v) is 19.8. The van der Waals surface area contributed by atoms with Crippen LogP contribution in [0, 0.1) is 11.6 Å². The number of nitrogens with one attached hydrogen (secondary N) is 1. The van der Waals surface area contributed by atoms with Gasteiger partial charge in [0.2, 0.25) is 5.91 Å². The molecule has 1 amide bonds. The molecule has 0 aromatic heterocycles. The average Bonchev–Trinajstić information content (AvgIpc) is 2.81. The van der Waals surface area contributed by atoms with E-state index in [1.165, 1.54) is 44.5 Å². The van der Waals surface area contributed by atoms with Crippen LogP contribution in [0.3, 0.4) is 0 Å². The molecule has 0 unspecified atom stereocenters. The van der Waals surface area contributed by atoms with Gasteiger partial charge in [0, 0.05) is 24.6 Å². The number of benzene rings is 3. The number of carbonyl (C=O) groups excluding carboxylic acids is 1. The number of methoxy groups -OCH3 is 1. The molecule has 11 heteroatoms. The van der Waals surface area contributed by atoms with Crippen molar-refractivity contribution in [3.8, 4) is 11.5 Å². The number of phenols is 1. The van der Waals surface area contributed by atoms with Crippen LogP contribution < -0.4 is 14.4 Å². The van der Waals surface area contributed by atoms with E-state index < -0.39 is 34.1 Å². The second-order valence-corrected chi connectivity index (χ2v) is 9.48. The first kappa shape index (κ1) is 25.3. The van der Waals surface area contributed by atoms with Crippen LogP contribution in [0.15, 0.2) is 59.5 Å². The normalized spacial score (nSPS) is 11.2. The summed E-state index contributed by atoms with van der Waals surface area (Å²) in [5.74, 6) is -3.09. The molecule has 0 bridgehead atoms. The van der Waals surface area contributed by atoms with Crippen molar-refractivity contribution in [2.45, 2.75) is 11.3 Å². The summed E-state index contributed by atoms with van der Waals surface area (Å²) in [7, 11) is -1.77. The number of nitrogens with zero attached hydrogens (tertiary/aromatic N) is 1. The fourth-order valence-corrected chi connectivity index (χ4v) is 4.95.